The number of fused-ring (bicyclic) bond motifs is 1. The molecule has 2 N–H and O–H groups in total. The van der Waals surface area contributed by atoms with Crippen LogP contribution in [0, 0.1) is 6.92 Å². The highest BCUT2D eigenvalue weighted by molar-refractivity contribution is 6.06. The topological polar surface area (TPSA) is 102 Å². The van der Waals surface area contributed by atoms with Gasteiger partial charge in [0.1, 0.15) is 17.5 Å². The molecule has 190 valence electrons. The van der Waals surface area contributed by atoms with E-state index in [1.54, 1.807) is 6.92 Å². The molecule has 1 unspecified atom stereocenters. The molecule has 5 rings (SSSR count). The van der Waals surface area contributed by atoms with E-state index < -0.39 is 18.2 Å². The van der Waals surface area contributed by atoms with Gasteiger partial charge in [-0.15, -0.1) is 0 Å². The number of amides is 1. The normalized spacial score (nSPS) is 11.7. The molecule has 4 aromatic carbocycles. The Balaban J connectivity index is 1.47. The zero-order chi connectivity index (χ0) is 26.6. The highest BCUT2D eigenvalue weighted by atomic mass is 16.6. The average molecular weight is 507 g/mol. The van der Waals surface area contributed by atoms with E-state index in [1.807, 2.05) is 97.9 Å². The SMILES string of the molecule is Cc1noc(-c2ccc(-c3ccc(CC(=O)O)cc3)c3ccccc23)c1NC(=O)OC(C)c1ccccc1. The number of hydrogen-bond donors (Lipinski definition) is 2. The molecule has 0 aliphatic heterocycles. The quantitative estimate of drug-likeness (QED) is 0.238. The van der Waals surface area contributed by atoms with Crippen LogP contribution in [0.4, 0.5) is 10.5 Å². The first-order chi connectivity index (χ1) is 18.4. The van der Waals surface area contributed by atoms with Gasteiger partial charge in [0, 0.05) is 5.56 Å². The third kappa shape index (κ3) is 5.13. The zero-order valence-electron chi connectivity index (χ0n) is 21.0. The van der Waals surface area contributed by atoms with Gasteiger partial charge in [0.25, 0.3) is 0 Å². The van der Waals surface area contributed by atoms with Crippen molar-refractivity contribution < 1.29 is 24.0 Å². The molecule has 1 aromatic heterocycles. The lowest BCUT2D eigenvalue weighted by Gasteiger charge is -2.15. The van der Waals surface area contributed by atoms with Crippen LogP contribution in [-0.4, -0.2) is 22.3 Å². The van der Waals surface area contributed by atoms with E-state index in [0.29, 0.717) is 17.1 Å². The molecule has 7 heteroatoms. The first kappa shape index (κ1) is 24.8. The molecule has 0 aliphatic carbocycles. The lowest BCUT2D eigenvalue weighted by Crippen LogP contribution is -2.16. The standard InChI is InChI=1S/C31H26N2O5/c1-19-29(32-31(36)37-20(2)22-8-4-3-5-9-22)30(38-33-19)27-17-16-24(25-10-6-7-11-26(25)27)23-14-12-21(13-15-23)18-28(34)35/h3-17,20H,18H2,1-2H3,(H,32,36)(H,34,35). The molecule has 5 aromatic rings. The van der Waals surface area contributed by atoms with Crippen molar-refractivity contribution in [3.8, 4) is 22.5 Å². The second-order valence-electron chi connectivity index (χ2n) is 9.03. The third-order valence-electron chi connectivity index (χ3n) is 6.43. The minimum absolute atomic E-state index is 0.0207. The lowest BCUT2D eigenvalue weighted by molar-refractivity contribution is -0.136. The van der Waals surface area contributed by atoms with Gasteiger partial charge in [-0.25, -0.2) is 4.79 Å². The number of carboxylic acids is 1. The van der Waals surface area contributed by atoms with Gasteiger partial charge < -0.3 is 14.4 Å². The Morgan fingerprint density at radius 3 is 2.21 bits per heavy atom. The molecule has 1 atom stereocenters. The fourth-order valence-electron chi connectivity index (χ4n) is 4.51. The van der Waals surface area contributed by atoms with Crippen LogP contribution >= 0.6 is 0 Å². The Labute approximate surface area is 219 Å². The van der Waals surface area contributed by atoms with Crippen LogP contribution in [0.5, 0.6) is 0 Å². The molecular weight excluding hydrogens is 480 g/mol. The number of hydrogen-bond acceptors (Lipinski definition) is 5. The Kier molecular flexibility index (Phi) is 6.91. The number of nitrogens with one attached hydrogen (secondary N) is 1. The summed E-state index contributed by atoms with van der Waals surface area (Å²) in [7, 11) is 0. The van der Waals surface area contributed by atoms with Crippen molar-refractivity contribution in [1.82, 2.24) is 5.16 Å². The zero-order valence-corrected chi connectivity index (χ0v) is 21.0. The van der Waals surface area contributed by atoms with E-state index in [0.717, 1.165) is 38.6 Å². The van der Waals surface area contributed by atoms with Crippen molar-refractivity contribution in [2.75, 3.05) is 5.32 Å². The number of aromatic nitrogens is 1. The Morgan fingerprint density at radius 1 is 0.895 bits per heavy atom. The van der Waals surface area contributed by atoms with Gasteiger partial charge in [-0.05, 0) is 52.9 Å². The summed E-state index contributed by atoms with van der Waals surface area (Å²) >= 11 is 0. The van der Waals surface area contributed by atoms with Gasteiger partial charge >= 0.3 is 12.1 Å². The molecule has 38 heavy (non-hydrogen) atoms. The van der Waals surface area contributed by atoms with Crippen molar-refractivity contribution in [1.29, 1.82) is 0 Å². The van der Waals surface area contributed by atoms with Crippen LogP contribution in [0.1, 0.15) is 29.8 Å². The van der Waals surface area contributed by atoms with Crippen molar-refractivity contribution in [2.24, 2.45) is 0 Å². The van der Waals surface area contributed by atoms with Crippen molar-refractivity contribution in [3.05, 3.63) is 108 Å². The van der Waals surface area contributed by atoms with Crippen LogP contribution in [0.15, 0.2) is 95.5 Å². The van der Waals surface area contributed by atoms with Crippen LogP contribution in [0.25, 0.3) is 33.2 Å². The fourth-order valence-corrected chi connectivity index (χ4v) is 4.51. The summed E-state index contributed by atoms with van der Waals surface area (Å²) < 4.78 is 11.3. The summed E-state index contributed by atoms with van der Waals surface area (Å²) in [6.07, 6.45) is -1.05. The smallest absolute Gasteiger partial charge is 0.412 e. The molecule has 1 amide bonds. The average Bonchev–Trinajstić information content (AvgIpc) is 3.28. The number of benzene rings is 4. The first-order valence-electron chi connectivity index (χ1n) is 12.2. The maximum absolute atomic E-state index is 12.8. The minimum Gasteiger partial charge on any atom is -0.481 e. The van der Waals surface area contributed by atoms with Crippen LogP contribution in [0.2, 0.25) is 0 Å². The monoisotopic (exact) mass is 506 g/mol. The maximum atomic E-state index is 12.8. The van der Waals surface area contributed by atoms with Gasteiger partial charge in [0.2, 0.25) is 0 Å². The highest BCUT2D eigenvalue weighted by Gasteiger charge is 2.22. The van der Waals surface area contributed by atoms with Crippen molar-refractivity contribution in [3.63, 3.8) is 0 Å². The molecule has 0 aliphatic rings. The van der Waals surface area contributed by atoms with E-state index in [-0.39, 0.29) is 6.42 Å². The van der Waals surface area contributed by atoms with Gasteiger partial charge in [-0.3, -0.25) is 10.1 Å². The fraction of sp³-hybridized carbons (Fsp3) is 0.129. The van der Waals surface area contributed by atoms with E-state index in [9.17, 15) is 9.59 Å². The molecule has 0 saturated carbocycles. The van der Waals surface area contributed by atoms with Gasteiger partial charge in [0.15, 0.2) is 5.76 Å². The van der Waals surface area contributed by atoms with Crippen molar-refractivity contribution >= 4 is 28.5 Å². The summed E-state index contributed by atoms with van der Waals surface area (Å²) in [6, 6.07) is 28.9. The number of carbonyl (C=O) groups excluding carboxylic acids is 1. The number of carboxylic acid groups (broad SMARTS) is 1. The molecule has 7 nitrogen and oxygen atoms in total. The highest BCUT2D eigenvalue weighted by Crippen LogP contribution is 2.39. The predicted octanol–water partition coefficient (Wildman–Crippen LogP) is 7.41. The number of rotatable bonds is 7. The summed E-state index contributed by atoms with van der Waals surface area (Å²) in [5, 5.41) is 17.9. The minimum atomic E-state index is -0.863. The molecule has 0 saturated heterocycles. The first-order valence-corrected chi connectivity index (χ1v) is 12.2. The summed E-state index contributed by atoms with van der Waals surface area (Å²) in [5.41, 5.74) is 5.35. The van der Waals surface area contributed by atoms with E-state index in [2.05, 4.69) is 10.5 Å². The summed E-state index contributed by atoms with van der Waals surface area (Å²) in [6.45, 7) is 3.58. The lowest BCUT2D eigenvalue weighted by atomic mass is 9.93. The number of anilines is 1. The van der Waals surface area contributed by atoms with Gasteiger partial charge in [-0.1, -0.05) is 90.1 Å². The number of ether oxygens (including phenoxy) is 1. The number of aryl methyl sites for hydroxylation is 1. The summed E-state index contributed by atoms with van der Waals surface area (Å²) in [4.78, 5) is 23.8. The molecular formula is C31H26N2O5. The van der Waals surface area contributed by atoms with Crippen LogP contribution in [0.3, 0.4) is 0 Å². The number of aliphatic carboxylic acids is 1. The second kappa shape index (κ2) is 10.6. The van der Waals surface area contributed by atoms with Gasteiger partial charge in [0.05, 0.1) is 6.42 Å². The van der Waals surface area contributed by atoms with E-state index in [1.165, 1.54) is 0 Å². The largest absolute Gasteiger partial charge is 0.481 e. The van der Waals surface area contributed by atoms with E-state index in [4.69, 9.17) is 14.4 Å². The summed E-state index contributed by atoms with van der Waals surface area (Å²) in [5.74, 6) is -0.427. The number of carbonyl (C=O) groups is 2. The molecule has 0 bridgehead atoms. The molecule has 1 heterocycles. The van der Waals surface area contributed by atoms with Crippen LogP contribution < -0.4 is 5.32 Å². The third-order valence-corrected chi connectivity index (χ3v) is 6.43. The van der Waals surface area contributed by atoms with Gasteiger partial charge in [-0.2, -0.15) is 0 Å². The van der Waals surface area contributed by atoms with Crippen molar-refractivity contribution in [2.45, 2.75) is 26.4 Å². The Hall–Kier alpha value is -4.91. The predicted molar refractivity (Wildman–Crippen MR) is 146 cm³/mol. The number of nitrogens with zero attached hydrogens (tertiary/aromatic N) is 1. The second-order valence-corrected chi connectivity index (χ2v) is 9.03. The molecule has 0 spiro atoms. The Bertz CT molecular complexity index is 1610. The maximum Gasteiger partial charge on any atom is 0.412 e. The molecule has 0 fully saturated rings. The Morgan fingerprint density at radius 2 is 1.53 bits per heavy atom. The van der Waals surface area contributed by atoms with E-state index >= 15 is 0 Å². The molecule has 0 radical (unpaired) electrons. The van der Waals surface area contributed by atoms with Crippen LogP contribution in [-0.2, 0) is 16.0 Å².